The monoisotopic (exact) mass is 270 g/mol. The molecule has 0 aliphatic carbocycles. The molecule has 0 unspecified atom stereocenters. The van der Waals surface area contributed by atoms with Gasteiger partial charge in [-0.2, -0.15) is 5.26 Å². The fourth-order valence-corrected chi connectivity index (χ4v) is 1.65. The number of halogens is 3. The lowest BCUT2D eigenvalue weighted by Crippen LogP contribution is -2.38. The van der Waals surface area contributed by atoms with E-state index >= 15 is 0 Å². The number of carbonyl (C=O) groups excluding carboxylic acids is 1. The molecule has 0 spiro atoms. The zero-order valence-electron chi connectivity index (χ0n) is 10.6. The van der Waals surface area contributed by atoms with Gasteiger partial charge in [0.05, 0.1) is 12.5 Å². The summed E-state index contributed by atoms with van der Waals surface area (Å²) >= 11 is 0. The molecule has 19 heavy (non-hydrogen) atoms. The number of nitriles is 1. The Balaban J connectivity index is 3.14. The Morgan fingerprint density at radius 2 is 1.84 bits per heavy atom. The molecule has 1 aromatic rings. The van der Waals surface area contributed by atoms with Crippen molar-refractivity contribution in [3.63, 3.8) is 0 Å². The van der Waals surface area contributed by atoms with E-state index in [1.165, 1.54) is 4.90 Å². The van der Waals surface area contributed by atoms with Crippen molar-refractivity contribution < 1.29 is 18.0 Å². The quantitative estimate of drug-likeness (QED) is 0.844. The largest absolute Gasteiger partial charge is 0.335 e. The second-order valence-electron chi connectivity index (χ2n) is 4.24. The zero-order chi connectivity index (χ0) is 14.6. The third-order valence-corrected chi connectivity index (χ3v) is 2.57. The number of benzene rings is 1. The van der Waals surface area contributed by atoms with Crippen molar-refractivity contribution in [2.75, 3.05) is 6.54 Å². The van der Waals surface area contributed by atoms with Gasteiger partial charge in [-0.15, -0.1) is 0 Å². The second-order valence-corrected chi connectivity index (χ2v) is 4.24. The molecule has 0 radical (unpaired) electrons. The number of hydrogen-bond acceptors (Lipinski definition) is 2. The molecular weight excluding hydrogens is 257 g/mol. The van der Waals surface area contributed by atoms with Crippen LogP contribution in [-0.4, -0.2) is 23.4 Å². The molecule has 0 aliphatic rings. The number of hydrogen-bond donors (Lipinski definition) is 0. The molecule has 0 saturated carbocycles. The standard InChI is InChI=1S/C13H13F3N2O/c1-8(2)18(5-3-4-17)13(19)12-10(15)6-9(14)7-11(12)16/h6-8H,3,5H2,1-2H3. The van der Waals surface area contributed by atoms with Gasteiger partial charge in [-0.3, -0.25) is 4.79 Å². The van der Waals surface area contributed by atoms with Gasteiger partial charge in [-0.25, -0.2) is 13.2 Å². The summed E-state index contributed by atoms with van der Waals surface area (Å²) in [7, 11) is 0. The summed E-state index contributed by atoms with van der Waals surface area (Å²) in [4.78, 5) is 13.2. The van der Waals surface area contributed by atoms with Gasteiger partial charge in [0.25, 0.3) is 5.91 Å². The smallest absolute Gasteiger partial charge is 0.260 e. The van der Waals surface area contributed by atoms with Crippen molar-refractivity contribution in [2.45, 2.75) is 26.3 Å². The number of nitrogens with zero attached hydrogens (tertiary/aromatic N) is 2. The Morgan fingerprint density at radius 1 is 1.32 bits per heavy atom. The second kappa shape index (κ2) is 6.23. The minimum absolute atomic E-state index is 0.0500. The van der Waals surface area contributed by atoms with E-state index in [2.05, 4.69) is 0 Å². The zero-order valence-corrected chi connectivity index (χ0v) is 10.6. The Kier molecular flexibility index (Phi) is 4.93. The van der Waals surface area contributed by atoms with Crippen molar-refractivity contribution in [2.24, 2.45) is 0 Å². The van der Waals surface area contributed by atoms with Crippen LogP contribution < -0.4 is 0 Å². The van der Waals surface area contributed by atoms with Crippen LogP contribution in [0.15, 0.2) is 12.1 Å². The predicted octanol–water partition coefficient (Wildman–Crippen LogP) is 2.87. The molecule has 3 nitrogen and oxygen atoms in total. The first-order chi connectivity index (χ1) is 8.88. The first-order valence-electron chi connectivity index (χ1n) is 5.71. The minimum atomic E-state index is -1.25. The summed E-state index contributed by atoms with van der Waals surface area (Å²) in [5.41, 5.74) is -0.798. The normalized spacial score (nSPS) is 10.4. The summed E-state index contributed by atoms with van der Waals surface area (Å²) in [6.07, 6.45) is 0.0500. The van der Waals surface area contributed by atoms with E-state index in [1.807, 2.05) is 6.07 Å². The maximum atomic E-state index is 13.5. The summed E-state index contributed by atoms with van der Waals surface area (Å²) in [6, 6.07) is 2.44. The van der Waals surface area contributed by atoms with E-state index in [0.717, 1.165) is 0 Å². The Bertz CT molecular complexity index is 500. The van der Waals surface area contributed by atoms with Crippen molar-refractivity contribution >= 4 is 5.91 Å². The predicted molar refractivity (Wildman–Crippen MR) is 62.7 cm³/mol. The van der Waals surface area contributed by atoms with Gasteiger partial charge in [-0.05, 0) is 13.8 Å². The fourth-order valence-electron chi connectivity index (χ4n) is 1.65. The molecular formula is C13H13F3N2O. The molecule has 0 saturated heterocycles. The van der Waals surface area contributed by atoms with Gasteiger partial charge in [0.2, 0.25) is 0 Å². The highest BCUT2D eigenvalue weighted by molar-refractivity contribution is 5.95. The van der Waals surface area contributed by atoms with Crippen LogP contribution in [0.5, 0.6) is 0 Å². The van der Waals surface area contributed by atoms with Crippen LogP contribution in [0.2, 0.25) is 0 Å². The van der Waals surface area contributed by atoms with E-state index < -0.39 is 28.9 Å². The van der Waals surface area contributed by atoms with Gasteiger partial charge in [0, 0.05) is 24.7 Å². The highest BCUT2D eigenvalue weighted by atomic mass is 19.1. The van der Waals surface area contributed by atoms with E-state index in [9.17, 15) is 18.0 Å². The molecule has 0 aliphatic heterocycles. The van der Waals surface area contributed by atoms with E-state index in [1.54, 1.807) is 13.8 Å². The topological polar surface area (TPSA) is 44.1 Å². The Labute approximate surface area is 109 Å². The van der Waals surface area contributed by atoms with Crippen LogP contribution in [0.25, 0.3) is 0 Å². The molecule has 0 fully saturated rings. The number of carbonyl (C=O) groups is 1. The van der Waals surface area contributed by atoms with Gasteiger partial charge < -0.3 is 4.90 Å². The van der Waals surface area contributed by atoms with Crippen LogP contribution >= 0.6 is 0 Å². The molecule has 102 valence electrons. The molecule has 0 atom stereocenters. The SMILES string of the molecule is CC(C)N(CCC#N)C(=O)c1c(F)cc(F)cc1F. The minimum Gasteiger partial charge on any atom is -0.335 e. The lowest BCUT2D eigenvalue weighted by atomic mass is 10.1. The Hall–Kier alpha value is -2.03. The van der Waals surface area contributed by atoms with Gasteiger partial charge in [-0.1, -0.05) is 0 Å². The maximum absolute atomic E-state index is 13.5. The molecule has 1 rings (SSSR count). The van der Waals surface area contributed by atoms with E-state index in [4.69, 9.17) is 5.26 Å². The van der Waals surface area contributed by atoms with E-state index in [-0.39, 0.29) is 19.0 Å². The molecule has 1 amide bonds. The van der Waals surface area contributed by atoms with Gasteiger partial charge >= 0.3 is 0 Å². The molecule has 0 N–H and O–H groups in total. The number of rotatable bonds is 4. The molecule has 0 aromatic heterocycles. The van der Waals surface area contributed by atoms with Crippen molar-refractivity contribution in [3.8, 4) is 6.07 Å². The first kappa shape index (κ1) is 15.0. The molecule has 0 heterocycles. The molecule has 1 aromatic carbocycles. The highest BCUT2D eigenvalue weighted by Crippen LogP contribution is 2.18. The van der Waals surface area contributed by atoms with Gasteiger partial charge in [0.1, 0.15) is 23.0 Å². The van der Waals surface area contributed by atoms with Crippen LogP contribution in [0.3, 0.4) is 0 Å². The van der Waals surface area contributed by atoms with Crippen molar-refractivity contribution in [3.05, 3.63) is 35.1 Å². The van der Waals surface area contributed by atoms with Crippen LogP contribution in [0, 0.1) is 28.8 Å². The number of amides is 1. The summed E-state index contributed by atoms with van der Waals surface area (Å²) in [5, 5.41) is 8.51. The summed E-state index contributed by atoms with van der Waals surface area (Å²) in [6.45, 7) is 3.38. The van der Waals surface area contributed by atoms with Crippen LogP contribution in [0.1, 0.15) is 30.6 Å². The summed E-state index contributed by atoms with van der Waals surface area (Å²) in [5.74, 6) is -4.46. The van der Waals surface area contributed by atoms with Crippen molar-refractivity contribution in [1.82, 2.24) is 4.90 Å². The molecule has 6 heteroatoms. The lowest BCUT2D eigenvalue weighted by Gasteiger charge is -2.26. The van der Waals surface area contributed by atoms with Crippen LogP contribution in [-0.2, 0) is 0 Å². The first-order valence-corrected chi connectivity index (χ1v) is 5.71. The van der Waals surface area contributed by atoms with Crippen molar-refractivity contribution in [1.29, 1.82) is 5.26 Å². The average Bonchev–Trinajstić information content (AvgIpc) is 2.27. The average molecular weight is 270 g/mol. The lowest BCUT2D eigenvalue weighted by molar-refractivity contribution is 0.0700. The summed E-state index contributed by atoms with van der Waals surface area (Å²) < 4.78 is 39.8. The maximum Gasteiger partial charge on any atom is 0.260 e. The highest BCUT2D eigenvalue weighted by Gasteiger charge is 2.25. The molecule has 0 bridgehead atoms. The van der Waals surface area contributed by atoms with Gasteiger partial charge in [0.15, 0.2) is 0 Å². The fraction of sp³-hybridized carbons (Fsp3) is 0.385. The Morgan fingerprint density at radius 3 is 2.26 bits per heavy atom. The third kappa shape index (κ3) is 3.47. The van der Waals surface area contributed by atoms with Crippen LogP contribution in [0.4, 0.5) is 13.2 Å². The third-order valence-electron chi connectivity index (χ3n) is 2.57. The van der Waals surface area contributed by atoms with E-state index in [0.29, 0.717) is 12.1 Å².